The summed E-state index contributed by atoms with van der Waals surface area (Å²) in [6.45, 7) is 0. The molecule has 0 saturated heterocycles. The normalized spacial score (nSPS) is 16.6. The number of carbonyl (C=O) groups excluding carboxylic acids is 2. The molecule has 5 rings (SSSR count). The van der Waals surface area contributed by atoms with Crippen LogP contribution in [0.2, 0.25) is 0 Å². The monoisotopic (exact) mass is 558 g/mol. The van der Waals surface area contributed by atoms with E-state index in [1.54, 1.807) is 0 Å². The second-order valence-electron chi connectivity index (χ2n) is 9.31. The Bertz CT molecular complexity index is 1720. The lowest BCUT2D eigenvalue weighted by Gasteiger charge is -2.34. The number of benzene rings is 4. The number of phenolic OH excluding ortho intramolecular Hbond substituents is 7. The van der Waals surface area contributed by atoms with Gasteiger partial charge in [0.05, 0.1) is 11.5 Å². The molecule has 4 aromatic rings. The molecule has 0 bridgehead atoms. The highest BCUT2D eigenvalue weighted by atomic mass is 16.5. The number of allylic oxidation sites excluding steroid dienone is 1. The Morgan fingerprint density at radius 2 is 1.34 bits per heavy atom. The average molecular weight is 558 g/mol. The molecule has 0 amide bonds. The zero-order valence-corrected chi connectivity index (χ0v) is 20.9. The largest absolute Gasteiger partial charge is 0.508 e. The molecule has 1 aliphatic heterocycles. The number of hydrogen-bond donors (Lipinski definition) is 8. The molecule has 11 nitrogen and oxygen atoms in total. The third-order valence-electron chi connectivity index (χ3n) is 6.64. The van der Waals surface area contributed by atoms with E-state index in [9.17, 15) is 50.4 Å². The Kier molecular flexibility index (Phi) is 6.55. The van der Waals surface area contributed by atoms with E-state index >= 15 is 0 Å². The van der Waals surface area contributed by atoms with Crippen molar-refractivity contribution in [3.63, 3.8) is 0 Å². The van der Waals surface area contributed by atoms with Crippen molar-refractivity contribution in [1.29, 1.82) is 0 Å². The standard InChI is InChI=1S/C30H22O11/c31-15-5-1-13(2-6-15)9-21(37)27(38)25-20(36)12-19(35)24(29(25)40)26-28(39)23-18(34)10-17(33)11-22(23)41-30(26)14-3-7-16(32)8-4-14/h1-12,26,30-37,40H. The molecule has 8 N–H and O–H groups in total. The molecule has 4 aromatic carbocycles. The van der Waals surface area contributed by atoms with Gasteiger partial charge in [0.1, 0.15) is 63.2 Å². The fraction of sp³-hybridized carbons (Fsp3) is 0.0667. The van der Waals surface area contributed by atoms with Gasteiger partial charge >= 0.3 is 0 Å². The maximum Gasteiger partial charge on any atom is 0.234 e. The molecular weight excluding hydrogens is 536 g/mol. The number of ether oxygens (including phenoxy) is 1. The maximum absolute atomic E-state index is 13.9. The minimum atomic E-state index is -1.63. The molecule has 11 heteroatoms. The van der Waals surface area contributed by atoms with Crippen LogP contribution >= 0.6 is 0 Å². The summed E-state index contributed by atoms with van der Waals surface area (Å²) in [7, 11) is 0. The number of phenols is 7. The average Bonchev–Trinajstić information content (AvgIpc) is 2.90. The number of aliphatic hydroxyl groups excluding tert-OH is 1. The fourth-order valence-corrected chi connectivity index (χ4v) is 4.74. The van der Waals surface area contributed by atoms with Crippen molar-refractivity contribution in [2.75, 3.05) is 0 Å². The molecule has 41 heavy (non-hydrogen) atoms. The van der Waals surface area contributed by atoms with Crippen LogP contribution in [0, 0.1) is 0 Å². The fourth-order valence-electron chi connectivity index (χ4n) is 4.74. The molecule has 0 saturated carbocycles. The summed E-state index contributed by atoms with van der Waals surface area (Å²) in [5, 5.41) is 82.7. The minimum Gasteiger partial charge on any atom is -0.508 e. The summed E-state index contributed by atoms with van der Waals surface area (Å²) in [6.07, 6.45) is -0.315. The van der Waals surface area contributed by atoms with Gasteiger partial charge in [0.25, 0.3) is 0 Å². The van der Waals surface area contributed by atoms with Crippen molar-refractivity contribution in [3.8, 4) is 46.0 Å². The second-order valence-corrected chi connectivity index (χ2v) is 9.31. The molecule has 0 radical (unpaired) electrons. The third-order valence-corrected chi connectivity index (χ3v) is 6.64. The highest BCUT2D eigenvalue weighted by molar-refractivity contribution is 6.14. The van der Waals surface area contributed by atoms with Gasteiger partial charge in [0.15, 0.2) is 11.5 Å². The van der Waals surface area contributed by atoms with E-state index in [1.807, 2.05) is 0 Å². The first-order valence-electron chi connectivity index (χ1n) is 12.0. The van der Waals surface area contributed by atoms with Gasteiger partial charge in [0.2, 0.25) is 5.78 Å². The summed E-state index contributed by atoms with van der Waals surface area (Å²) >= 11 is 0. The Balaban J connectivity index is 1.68. The predicted molar refractivity (Wildman–Crippen MR) is 143 cm³/mol. The number of aliphatic hydroxyl groups is 1. The molecule has 208 valence electrons. The third kappa shape index (κ3) is 4.76. The lowest BCUT2D eigenvalue weighted by atomic mass is 9.79. The number of rotatable bonds is 5. The summed E-state index contributed by atoms with van der Waals surface area (Å²) in [5.74, 6) is -8.85. The Labute approximate surface area is 231 Å². The quantitative estimate of drug-likeness (QED) is 0.0972. The van der Waals surface area contributed by atoms with Crippen LogP contribution in [0.1, 0.15) is 49.4 Å². The van der Waals surface area contributed by atoms with Crippen molar-refractivity contribution in [2.24, 2.45) is 0 Å². The lowest BCUT2D eigenvalue weighted by molar-refractivity contribution is 0.0766. The van der Waals surface area contributed by atoms with Crippen LogP contribution in [0.4, 0.5) is 0 Å². The van der Waals surface area contributed by atoms with E-state index in [1.165, 1.54) is 48.5 Å². The first-order chi connectivity index (χ1) is 19.5. The number of aromatic hydroxyl groups is 7. The van der Waals surface area contributed by atoms with Crippen LogP contribution in [0.3, 0.4) is 0 Å². The van der Waals surface area contributed by atoms with Crippen LogP contribution in [0.5, 0.6) is 46.0 Å². The SMILES string of the molecule is O=C(C(O)=Cc1ccc(O)cc1)c1c(O)cc(O)c(C2C(=O)c3c(O)cc(O)cc3OC2c2ccc(O)cc2)c1O. The zero-order chi connectivity index (χ0) is 29.6. The van der Waals surface area contributed by atoms with Crippen LogP contribution in [0.15, 0.2) is 72.5 Å². The molecule has 2 unspecified atom stereocenters. The maximum atomic E-state index is 13.9. The Hall–Kier alpha value is -5.84. The molecule has 0 spiro atoms. The van der Waals surface area contributed by atoms with Gasteiger partial charge < -0.3 is 45.6 Å². The van der Waals surface area contributed by atoms with E-state index in [2.05, 4.69) is 0 Å². The van der Waals surface area contributed by atoms with Crippen LogP contribution in [-0.2, 0) is 0 Å². The highest BCUT2D eigenvalue weighted by Gasteiger charge is 2.45. The van der Waals surface area contributed by atoms with Crippen molar-refractivity contribution in [2.45, 2.75) is 12.0 Å². The Morgan fingerprint density at radius 3 is 1.98 bits per heavy atom. The number of ketones is 2. The molecule has 0 aliphatic carbocycles. The number of hydrogen-bond acceptors (Lipinski definition) is 11. The van der Waals surface area contributed by atoms with Crippen LogP contribution in [-0.4, -0.2) is 52.4 Å². The number of carbonyl (C=O) groups is 2. The first-order valence-corrected chi connectivity index (χ1v) is 12.0. The van der Waals surface area contributed by atoms with Gasteiger partial charge in [-0.25, -0.2) is 0 Å². The van der Waals surface area contributed by atoms with Gasteiger partial charge in [-0.15, -0.1) is 0 Å². The second kappa shape index (κ2) is 10.0. The predicted octanol–water partition coefficient (Wildman–Crippen LogP) is 4.51. The van der Waals surface area contributed by atoms with E-state index in [-0.39, 0.29) is 28.4 Å². The number of fused-ring (bicyclic) bond motifs is 1. The molecular formula is C30H22O11. The summed E-state index contributed by atoms with van der Waals surface area (Å²) in [5.41, 5.74) is -1.19. The van der Waals surface area contributed by atoms with E-state index in [4.69, 9.17) is 4.74 Å². The van der Waals surface area contributed by atoms with E-state index in [0.717, 1.165) is 18.2 Å². The van der Waals surface area contributed by atoms with Gasteiger partial charge in [-0.1, -0.05) is 24.3 Å². The highest BCUT2D eigenvalue weighted by Crippen LogP contribution is 2.53. The molecule has 2 atom stereocenters. The molecule has 0 fully saturated rings. The van der Waals surface area contributed by atoms with Crippen molar-refractivity contribution in [1.82, 2.24) is 0 Å². The van der Waals surface area contributed by atoms with Gasteiger partial charge in [-0.05, 0) is 41.5 Å². The Morgan fingerprint density at radius 1 is 0.732 bits per heavy atom. The van der Waals surface area contributed by atoms with Gasteiger partial charge in [-0.3, -0.25) is 9.59 Å². The summed E-state index contributed by atoms with van der Waals surface area (Å²) in [6, 6.07) is 13.5. The summed E-state index contributed by atoms with van der Waals surface area (Å²) < 4.78 is 5.96. The van der Waals surface area contributed by atoms with E-state index < -0.39 is 69.2 Å². The van der Waals surface area contributed by atoms with Crippen molar-refractivity contribution in [3.05, 3.63) is 100 Å². The van der Waals surface area contributed by atoms with E-state index in [0.29, 0.717) is 11.6 Å². The van der Waals surface area contributed by atoms with Crippen molar-refractivity contribution < 1.29 is 55.2 Å². The first kappa shape index (κ1) is 26.8. The topological polar surface area (TPSA) is 205 Å². The number of Topliss-reactive ketones (excluding diaryl/α,β-unsaturated/α-hetero) is 2. The zero-order valence-electron chi connectivity index (χ0n) is 20.9. The lowest BCUT2D eigenvalue weighted by Crippen LogP contribution is -2.30. The molecule has 1 heterocycles. The van der Waals surface area contributed by atoms with Gasteiger partial charge in [-0.2, -0.15) is 0 Å². The smallest absolute Gasteiger partial charge is 0.234 e. The van der Waals surface area contributed by atoms with Crippen molar-refractivity contribution >= 4 is 17.6 Å². The van der Waals surface area contributed by atoms with Gasteiger partial charge in [0, 0.05) is 18.2 Å². The molecule has 0 aromatic heterocycles. The summed E-state index contributed by atoms with van der Waals surface area (Å²) in [4.78, 5) is 27.0. The van der Waals surface area contributed by atoms with Crippen LogP contribution in [0.25, 0.3) is 6.08 Å². The van der Waals surface area contributed by atoms with Crippen LogP contribution < -0.4 is 4.74 Å². The molecule has 1 aliphatic rings. The minimum absolute atomic E-state index is 0.0585.